The Kier molecular flexibility index (Phi) is 8.42. The Bertz CT molecular complexity index is 334. The van der Waals surface area contributed by atoms with E-state index in [1.807, 2.05) is 13.8 Å². The van der Waals surface area contributed by atoms with E-state index in [1.54, 1.807) is 0 Å². The number of nitrogens with one attached hydrogen (secondary N) is 1. The molecule has 0 aromatic heterocycles. The topological polar surface area (TPSA) is 115 Å². The van der Waals surface area contributed by atoms with Gasteiger partial charge in [0.2, 0.25) is 11.8 Å². The zero-order valence-corrected chi connectivity index (χ0v) is 12.5. The van der Waals surface area contributed by atoms with Crippen LogP contribution in [-0.4, -0.2) is 41.2 Å². The third-order valence-corrected chi connectivity index (χ3v) is 3.46. The van der Waals surface area contributed by atoms with Gasteiger partial charge in [0, 0.05) is 5.75 Å². The molecule has 7 heteroatoms. The molecule has 0 aromatic carbocycles. The van der Waals surface area contributed by atoms with E-state index in [4.69, 9.17) is 11.5 Å². The van der Waals surface area contributed by atoms with Gasteiger partial charge in [0.15, 0.2) is 5.78 Å². The predicted molar refractivity (Wildman–Crippen MR) is 76.6 cm³/mol. The van der Waals surface area contributed by atoms with Crippen LogP contribution in [0.4, 0.5) is 0 Å². The van der Waals surface area contributed by atoms with Crippen molar-refractivity contribution in [3.05, 3.63) is 0 Å². The smallest absolute Gasteiger partial charge is 0.237 e. The number of nitrogens with two attached hydrogens (primary N) is 2. The molecular formula is C12H23N3O3S. The number of hydrogen-bond donors (Lipinski definition) is 3. The van der Waals surface area contributed by atoms with E-state index in [2.05, 4.69) is 5.32 Å². The van der Waals surface area contributed by atoms with Gasteiger partial charge in [-0.1, -0.05) is 13.8 Å². The molecule has 6 nitrogen and oxygen atoms in total. The second-order valence-corrected chi connectivity index (χ2v) is 5.92. The average Bonchev–Trinajstić information content (AvgIpc) is 2.25. The fraction of sp³-hybridized carbons (Fsp3) is 0.750. The largest absolute Gasteiger partial charge is 0.369 e. The molecule has 2 amide bonds. The highest BCUT2D eigenvalue weighted by Crippen LogP contribution is 2.06. The SMILES string of the molecule is CC(=O)C(CSCC(N)=O)NC(=O)[C@@H](N)CC(C)C. The van der Waals surface area contributed by atoms with Crippen LogP contribution in [0.3, 0.4) is 0 Å². The number of carbonyl (C=O) groups excluding carboxylic acids is 3. The average molecular weight is 289 g/mol. The summed E-state index contributed by atoms with van der Waals surface area (Å²) in [7, 11) is 0. The van der Waals surface area contributed by atoms with Gasteiger partial charge < -0.3 is 16.8 Å². The van der Waals surface area contributed by atoms with Crippen molar-refractivity contribution >= 4 is 29.4 Å². The van der Waals surface area contributed by atoms with E-state index in [0.717, 1.165) is 0 Å². The third kappa shape index (κ3) is 8.61. The molecule has 0 aliphatic heterocycles. The summed E-state index contributed by atoms with van der Waals surface area (Å²) in [5, 5.41) is 2.61. The lowest BCUT2D eigenvalue weighted by Gasteiger charge is -2.19. The Morgan fingerprint density at radius 1 is 1.26 bits per heavy atom. The van der Waals surface area contributed by atoms with Crippen molar-refractivity contribution in [2.75, 3.05) is 11.5 Å². The van der Waals surface area contributed by atoms with Crippen LogP contribution in [-0.2, 0) is 14.4 Å². The van der Waals surface area contributed by atoms with Crippen LogP contribution in [0.1, 0.15) is 27.2 Å². The second-order valence-electron chi connectivity index (χ2n) is 4.89. The summed E-state index contributed by atoms with van der Waals surface area (Å²) in [6.45, 7) is 5.33. The zero-order chi connectivity index (χ0) is 15.0. The summed E-state index contributed by atoms with van der Waals surface area (Å²) in [5.74, 6) is -0.206. The molecule has 0 aromatic rings. The lowest BCUT2D eigenvalue weighted by molar-refractivity contribution is -0.127. The number of rotatable bonds is 9. The second kappa shape index (κ2) is 8.92. The quantitative estimate of drug-likeness (QED) is 0.537. The van der Waals surface area contributed by atoms with Crippen LogP contribution in [0, 0.1) is 5.92 Å². The lowest BCUT2D eigenvalue weighted by atomic mass is 10.0. The number of thioether (sulfide) groups is 1. The van der Waals surface area contributed by atoms with Crippen molar-refractivity contribution in [2.24, 2.45) is 17.4 Å². The van der Waals surface area contributed by atoms with Gasteiger partial charge in [-0.25, -0.2) is 0 Å². The molecule has 0 saturated carbocycles. The maximum Gasteiger partial charge on any atom is 0.237 e. The molecule has 0 bridgehead atoms. The molecule has 110 valence electrons. The molecule has 0 aliphatic carbocycles. The molecule has 0 heterocycles. The Morgan fingerprint density at radius 2 is 1.84 bits per heavy atom. The highest BCUT2D eigenvalue weighted by molar-refractivity contribution is 8.00. The van der Waals surface area contributed by atoms with Crippen molar-refractivity contribution in [3.63, 3.8) is 0 Å². The molecule has 0 aliphatic rings. The molecule has 0 fully saturated rings. The summed E-state index contributed by atoms with van der Waals surface area (Å²) < 4.78 is 0. The normalized spacial score (nSPS) is 13.9. The summed E-state index contributed by atoms with van der Waals surface area (Å²) in [4.78, 5) is 33.8. The lowest BCUT2D eigenvalue weighted by Crippen LogP contribution is -2.49. The molecule has 2 atom stereocenters. The van der Waals surface area contributed by atoms with Gasteiger partial charge in [-0.15, -0.1) is 11.8 Å². The van der Waals surface area contributed by atoms with Crippen molar-refractivity contribution < 1.29 is 14.4 Å². The van der Waals surface area contributed by atoms with Gasteiger partial charge in [-0.05, 0) is 19.3 Å². The Morgan fingerprint density at radius 3 is 2.26 bits per heavy atom. The maximum absolute atomic E-state index is 11.8. The summed E-state index contributed by atoms with van der Waals surface area (Å²) >= 11 is 1.21. The molecule has 0 rings (SSSR count). The molecule has 5 N–H and O–H groups in total. The van der Waals surface area contributed by atoms with E-state index in [9.17, 15) is 14.4 Å². The molecule has 0 radical (unpaired) electrons. The van der Waals surface area contributed by atoms with Gasteiger partial charge in [0.05, 0.1) is 17.8 Å². The van der Waals surface area contributed by atoms with Crippen LogP contribution in [0.2, 0.25) is 0 Å². The first kappa shape index (κ1) is 17.9. The highest BCUT2D eigenvalue weighted by Gasteiger charge is 2.21. The minimum Gasteiger partial charge on any atom is -0.369 e. The number of ketones is 1. The minimum absolute atomic E-state index is 0.123. The number of carbonyl (C=O) groups is 3. The van der Waals surface area contributed by atoms with Crippen LogP contribution >= 0.6 is 11.8 Å². The first-order chi connectivity index (χ1) is 8.73. The first-order valence-corrected chi connectivity index (χ1v) is 7.32. The number of primary amides is 1. The van der Waals surface area contributed by atoms with Crippen LogP contribution in [0.5, 0.6) is 0 Å². The molecule has 0 spiro atoms. The maximum atomic E-state index is 11.8. The monoisotopic (exact) mass is 289 g/mol. The summed E-state index contributed by atoms with van der Waals surface area (Å²) in [6.07, 6.45) is 0.560. The summed E-state index contributed by atoms with van der Waals surface area (Å²) in [5.41, 5.74) is 10.7. The third-order valence-electron chi connectivity index (χ3n) is 2.40. The first-order valence-electron chi connectivity index (χ1n) is 6.16. The van der Waals surface area contributed by atoms with Gasteiger partial charge >= 0.3 is 0 Å². The molecular weight excluding hydrogens is 266 g/mol. The van der Waals surface area contributed by atoms with Crippen molar-refractivity contribution in [1.29, 1.82) is 0 Å². The van der Waals surface area contributed by atoms with E-state index < -0.39 is 18.0 Å². The Balaban J connectivity index is 4.29. The van der Waals surface area contributed by atoms with E-state index in [1.165, 1.54) is 18.7 Å². The van der Waals surface area contributed by atoms with Crippen LogP contribution in [0.15, 0.2) is 0 Å². The van der Waals surface area contributed by atoms with E-state index in [-0.39, 0.29) is 17.4 Å². The van der Waals surface area contributed by atoms with Crippen LogP contribution < -0.4 is 16.8 Å². The Hall–Kier alpha value is -1.08. The number of amides is 2. The van der Waals surface area contributed by atoms with E-state index in [0.29, 0.717) is 18.1 Å². The molecule has 19 heavy (non-hydrogen) atoms. The van der Waals surface area contributed by atoms with Crippen LogP contribution in [0.25, 0.3) is 0 Å². The van der Waals surface area contributed by atoms with E-state index >= 15 is 0 Å². The molecule has 1 unspecified atom stereocenters. The zero-order valence-electron chi connectivity index (χ0n) is 11.6. The highest BCUT2D eigenvalue weighted by atomic mass is 32.2. The van der Waals surface area contributed by atoms with Crippen molar-refractivity contribution in [1.82, 2.24) is 5.32 Å². The summed E-state index contributed by atoms with van der Waals surface area (Å²) in [6, 6.07) is -1.25. The minimum atomic E-state index is -0.630. The predicted octanol–water partition coefficient (Wildman–Crippen LogP) is -0.348. The van der Waals surface area contributed by atoms with Gasteiger partial charge in [0.1, 0.15) is 0 Å². The fourth-order valence-electron chi connectivity index (χ4n) is 1.43. The standard InChI is InChI=1S/C12H23N3O3S/c1-7(2)4-9(13)12(18)15-10(8(3)16)5-19-6-11(14)17/h7,9-10H,4-6,13H2,1-3H3,(H2,14,17)(H,15,18)/t9-,10?/m0/s1. The van der Waals surface area contributed by atoms with Crippen molar-refractivity contribution in [3.8, 4) is 0 Å². The molecule has 0 saturated heterocycles. The van der Waals surface area contributed by atoms with Gasteiger partial charge in [0.25, 0.3) is 0 Å². The van der Waals surface area contributed by atoms with Gasteiger partial charge in [-0.3, -0.25) is 14.4 Å². The fourth-order valence-corrected chi connectivity index (χ4v) is 2.30. The number of hydrogen-bond acceptors (Lipinski definition) is 5. The van der Waals surface area contributed by atoms with Crippen molar-refractivity contribution in [2.45, 2.75) is 39.3 Å². The number of Topliss-reactive ketones (excluding diaryl/α,β-unsaturated/α-hetero) is 1. The Labute approximate surface area is 118 Å². The van der Waals surface area contributed by atoms with Gasteiger partial charge in [-0.2, -0.15) is 0 Å².